The fourth-order valence-electron chi connectivity index (χ4n) is 1.17. The van der Waals surface area contributed by atoms with Crippen LogP contribution in [0.4, 0.5) is 0 Å². The molecule has 0 N–H and O–H groups in total. The molecule has 0 heterocycles. The first kappa shape index (κ1) is 16.2. The second-order valence-corrected chi connectivity index (χ2v) is 3.46. The predicted molar refractivity (Wildman–Crippen MR) is 69.9 cm³/mol. The summed E-state index contributed by atoms with van der Waals surface area (Å²) in [5, 5.41) is 0. The largest absolute Gasteiger partial charge is 0.462 e. The van der Waals surface area contributed by atoms with Gasteiger partial charge in [-0.25, -0.2) is 9.59 Å². The van der Waals surface area contributed by atoms with Gasteiger partial charge in [-0.1, -0.05) is 30.9 Å². The maximum Gasteiger partial charge on any atom is 0.345 e. The second kappa shape index (κ2) is 9.22. The first-order valence-corrected chi connectivity index (χ1v) is 5.91. The van der Waals surface area contributed by atoms with Crippen LogP contribution in [-0.2, 0) is 19.1 Å². The van der Waals surface area contributed by atoms with Gasteiger partial charge in [-0.15, -0.1) is 0 Å². The van der Waals surface area contributed by atoms with E-state index in [0.29, 0.717) is 12.8 Å². The topological polar surface area (TPSA) is 52.6 Å². The van der Waals surface area contributed by atoms with E-state index < -0.39 is 11.9 Å². The van der Waals surface area contributed by atoms with Crippen molar-refractivity contribution in [3.05, 3.63) is 36.5 Å². The zero-order valence-corrected chi connectivity index (χ0v) is 11.0. The van der Waals surface area contributed by atoms with Gasteiger partial charge >= 0.3 is 11.9 Å². The fraction of sp³-hybridized carbons (Fsp3) is 0.429. The van der Waals surface area contributed by atoms with Gasteiger partial charge in [0, 0.05) is 0 Å². The standard InChI is InChI=1S/C14H20O4/c1-5-11(4)9-8-10-12(13(15)17-6-2)14(16)18-7-3/h5,10H,1,4,6-9H2,2-3H3. The molecule has 100 valence electrons. The van der Waals surface area contributed by atoms with Gasteiger partial charge in [0.25, 0.3) is 0 Å². The molecule has 0 spiro atoms. The lowest BCUT2D eigenvalue weighted by molar-refractivity contribution is -0.146. The van der Waals surface area contributed by atoms with E-state index in [1.807, 2.05) is 0 Å². The molecular weight excluding hydrogens is 232 g/mol. The fourth-order valence-corrected chi connectivity index (χ4v) is 1.17. The van der Waals surface area contributed by atoms with Gasteiger partial charge in [0.15, 0.2) is 0 Å². The van der Waals surface area contributed by atoms with Gasteiger partial charge in [-0.3, -0.25) is 0 Å². The average molecular weight is 252 g/mol. The van der Waals surface area contributed by atoms with Gasteiger partial charge in [0.1, 0.15) is 5.57 Å². The Hall–Kier alpha value is -1.84. The van der Waals surface area contributed by atoms with E-state index in [1.54, 1.807) is 19.9 Å². The summed E-state index contributed by atoms with van der Waals surface area (Å²) in [6, 6.07) is 0. The van der Waals surface area contributed by atoms with Crippen LogP contribution < -0.4 is 0 Å². The molecule has 0 fully saturated rings. The Bertz CT molecular complexity index is 333. The number of allylic oxidation sites excluding steroid dienone is 3. The Kier molecular flexibility index (Phi) is 8.27. The van der Waals surface area contributed by atoms with Gasteiger partial charge in [0.2, 0.25) is 0 Å². The number of esters is 2. The minimum absolute atomic E-state index is 0.0597. The molecule has 0 aromatic rings. The molecule has 0 atom stereocenters. The summed E-state index contributed by atoms with van der Waals surface area (Å²) in [6.07, 6.45) is 4.30. The number of rotatable bonds is 8. The molecule has 0 rings (SSSR count). The number of carbonyl (C=O) groups excluding carboxylic acids is 2. The Morgan fingerprint density at radius 2 is 1.61 bits per heavy atom. The highest BCUT2D eigenvalue weighted by Crippen LogP contribution is 2.09. The van der Waals surface area contributed by atoms with E-state index in [4.69, 9.17) is 9.47 Å². The molecule has 0 aliphatic carbocycles. The highest BCUT2D eigenvalue weighted by atomic mass is 16.6. The van der Waals surface area contributed by atoms with Crippen LogP contribution in [0.15, 0.2) is 36.5 Å². The Labute approximate surface area is 108 Å². The highest BCUT2D eigenvalue weighted by Gasteiger charge is 2.20. The summed E-state index contributed by atoms with van der Waals surface area (Å²) in [5.74, 6) is -1.31. The van der Waals surface area contributed by atoms with Crippen LogP contribution in [0.3, 0.4) is 0 Å². The van der Waals surface area contributed by atoms with Crippen LogP contribution in [-0.4, -0.2) is 25.2 Å². The zero-order chi connectivity index (χ0) is 14.0. The van der Waals surface area contributed by atoms with Crippen molar-refractivity contribution in [1.82, 2.24) is 0 Å². The van der Waals surface area contributed by atoms with Crippen LogP contribution in [0, 0.1) is 0 Å². The number of ether oxygens (including phenoxy) is 2. The number of carbonyl (C=O) groups is 2. The van der Waals surface area contributed by atoms with Crippen LogP contribution in [0.25, 0.3) is 0 Å². The van der Waals surface area contributed by atoms with E-state index in [-0.39, 0.29) is 18.8 Å². The predicted octanol–water partition coefficient (Wildman–Crippen LogP) is 2.56. The monoisotopic (exact) mass is 252 g/mol. The van der Waals surface area contributed by atoms with E-state index in [2.05, 4.69) is 13.2 Å². The highest BCUT2D eigenvalue weighted by molar-refractivity contribution is 6.14. The summed E-state index contributed by atoms with van der Waals surface area (Å²) >= 11 is 0. The summed E-state index contributed by atoms with van der Waals surface area (Å²) in [4.78, 5) is 23.1. The van der Waals surface area contributed by atoms with E-state index >= 15 is 0 Å². The normalized spacial score (nSPS) is 9.22. The van der Waals surface area contributed by atoms with Crippen molar-refractivity contribution < 1.29 is 19.1 Å². The van der Waals surface area contributed by atoms with Crippen molar-refractivity contribution in [3.63, 3.8) is 0 Å². The first-order chi connectivity index (χ1) is 8.56. The molecule has 0 radical (unpaired) electrons. The zero-order valence-electron chi connectivity index (χ0n) is 11.0. The molecule has 0 aromatic heterocycles. The molecule has 0 aromatic carbocycles. The van der Waals surface area contributed by atoms with E-state index in [0.717, 1.165) is 5.57 Å². The summed E-state index contributed by atoms with van der Waals surface area (Å²) in [5.41, 5.74) is 0.786. The minimum atomic E-state index is -0.653. The molecular formula is C14H20O4. The van der Waals surface area contributed by atoms with Gasteiger partial charge in [-0.05, 0) is 26.7 Å². The molecule has 0 aliphatic heterocycles. The van der Waals surface area contributed by atoms with Crippen molar-refractivity contribution in [2.24, 2.45) is 0 Å². The quantitative estimate of drug-likeness (QED) is 0.219. The van der Waals surface area contributed by atoms with Crippen molar-refractivity contribution >= 4 is 11.9 Å². The van der Waals surface area contributed by atoms with Crippen molar-refractivity contribution in [1.29, 1.82) is 0 Å². The smallest absolute Gasteiger partial charge is 0.345 e. The average Bonchev–Trinajstić information content (AvgIpc) is 2.34. The first-order valence-electron chi connectivity index (χ1n) is 5.91. The maximum absolute atomic E-state index is 11.6. The van der Waals surface area contributed by atoms with Crippen molar-refractivity contribution in [2.45, 2.75) is 26.7 Å². The Balaban J connectivity index is 4.68. The Morgan fingerprint density at radius 3 is 2.00 bits per heavy atom. The van der Waals surface area contributed by atoms with Crippen LogP contribution in [0.5, 0.6) is 0 Å². The second-order valence-electron chi connectivity index (χ2n) is 3.46. The molecule has 18 heavy (non-hydrogen) atoms. The van der Waals surface area contributed by atoms with E-state index in [9.17, 15) is 9.59 Å². The summed E-state index contributed by atoms with van der Waals surface area (Å²) in [6.45, 7) is 11.1. The van der Waals surface area contributed by atoms with Crippen LogP contribution in [0.1, 0.15) is 26.7 Å². The lowest BCUT2D eigenvalue weighted by atomic mass is 10.1. The number of hydrogen-bond acceptors (Lipinski definition) is 4. The van der Waals surface area contributed by atoms with Gasteiger partial charge in [-0.2, -0.15) is 0 Å². The molecule has 0 saturated carbocycles. The molecule has 4 nitrogen and oxygen atoms in total. The lowest BCUT2D eigenvalue weighted by Gasteiger charge is -2.06. The van der Waals surface area contributed by atoms with Gasteiger partial charge in [0.05, 0.1) is 13.2 Å². The van der Waals surface area contributed by atoms with Gasteiger partial charge < -0.3 is 9.47 Å². The van der Waals surface area contributed by atoms with Crippen LogP contribution >= 0.6 is 0 Å². The molecule has 0 bridgehead atoms. The molecule has 0 aliphatic rings. The molecule has 4 heteroatoms. The third-order valence-electron chi connectivity index (χ3n) is 2.09. The minimum Gasteiger partial charge on any atom is -0.462 e. The van der Waals surface area contributed by atoms with E-state index in [1.165, 1.54) is 6.08 Å². The third kappa shape index (κ3) is 6.03. The molecule has 0 saturated heterocycles. The maximum atomic E-state index is 11.6. The van der Waals surface area contributed by atoms with Crippen LogP contribution in [0.2, 0.25) is 0 Å². The third-order valence-corrected chi connectivity index (χ3v) is 2.09. The summed E-state index contributed by atoms with van der Waals surface area (Å²) in [7, 11) is 0. The summed E-state index contributed by atoms with van der Waals surface area (Å²) < 4.78 is 9.61. The SMILES string of the molecule is C=CC(=C)CCC=C(C(=O)OCC)C(=O)OCC. The molecule has 0 unspecified atom stereocenters. The number of hydrogen-bond donors (Lipinski definition) is 0. The van der Waals surface area contributed by atoms with Crippen molar-refractivity contribution in [3.8, 4) is 0 Å². The Morgan fingerprint density at radius 1 is 1.11 bits per heavy atom. The lowest BCUT2D eigenvalue weighted by Crippen LogP contribution is -2.18. The van der Waals surface area contributed by atoms with Crippen molar-refractivity contribution in [2.75, 3.05) is 13.2 Å². The molecule has 0 amide bonds.